The van der Waals surface area contributed by atoms with Crippen LogP contribution in [-0.4, -0.2) is 83.3 Å². The van der Waals surface area contributed by atoms with Gasteiger partial charge in [0.15, 0.2) is 0 Å². The standard InChI is InChI=1S/C15H31N3O/c1-13(2)18-6-5-14(11-18)17-9-7-16(8-10-17)12-15(3,4)19/h13-14,19H,5-12H2,1-4H3. The number of hydrogen-bond donors (Lipinski definition) is 1. The SMILES string of the molecule is CC(C)N1CCC(N2CCN(CC(C)(C)O)CC2)C1. The third-order valence-electron chi connectivity index (χ3n) is 4.46. The van der Waals surface area contributed by atoms with E-state index in [1.54, 1.807) is 0 Å². The summed E-state index contributed by atoms with van der Waals surface area (Å²) >= 11 is 0. The molecule has 0 saturated carbocycles. The zero-order valence-corrected chi connectivity index (χ0v) is 13.1. The molecule has 2 fully saturated rings. The number of nitrogens with zero attached hydrogens (tertiary/aromatic N) is 3. The molecule has 2 saturated heterocycles. The minimum absolute atomic E-state index is 0.566. The fraction of sp³-hybridized carbons (Fsp3) is 1.00. The Hall–Kier alpha value is -0.160. The fourth-order valence-corrected chi connectivity index (χ4v) is 3.37. The Kier molecular flexibility index (Phi) is 4.88. The molecular weight excluding hydrogens is 238 g/mol. The second-order valence-corrected chi connectivity index (χ2v) is 7.16. The van der Waals surface area contributed by atoms with E-state index in [0.717, 1.165) is 38.8 Å². The molecule has 2 aliphatic rings. The first-order chi connectivity index (χ1) is 8.85. The van der Waals surface area contributed by atoms with E-state index in [4.69, 9.17) is 0 Å². The minimum Gasteiger partial charge on any atom is -0.389 e. The van der Waals surface area contributed by atoms with Crippen molar-refractivity contribution in [1.82, 2.24) is 14.7 Å². The number of aliphatic hydroxyl groups is 1. The third kappa shape index (κ3) is 4.42. The van der Waals surface area contributed by atoms with Crippen LogP contribution in [0, 0.1) is 0 Å². The average molecular weight is 269 g/mol. The van der Waals surface area contributed by atoms with E-state index >= 15 is 0 Å². The van der Waals surface area contributed by atoms with Crippen molar-refractivity contribution < 1.29 is 5.11 Å². The minimum atomic E-state index is -0.566. The van der Waals surface area contributed by atoms with Crippen molar-refractivity contribution in [3.8, 4) is 0 Å². The molecule has 0 aliphatic carbocycles. The van der Waals surface area contributed by atoms with Crippen molar-refractivity contribution in [2.24, 2.45) is 0 Å². The molecule has 0 aromatic carbocycles. The Balaban J connectivity index is 1.75. The van der Waals surface area contributed by atoms with Gasteiger partial charge in [0.25, 0.3) is 0 Å². The molecule has 4 nitrogen and oxygen atoms in total. The van der Waals surface area contributed by atoms with Crippen LogP contribution in [0.15, 0.2) is 0 Å². The van der Waals surface area contributed by atoms with Gasteiger partial charge in [-0.1, -0.05) is 0 Å². The van der Waals surface area contributed by atoms with Gasteiger partial charge in [-0.05, 0) is 34.1 Å². The lowest BCUT2D eigenvalue weighted by Crippen LogP contribution is -2.53. The monoisotopic (exact) mass is 269 g/mol. The molecule has 2 heterocycles. The molecule has 2 aliphatic heterocycles. The molecule has 1 atom stereocenters. The number of β-amino-alcohol motifs (C(OH)–C–C–N with tert-alkyl or cyclic N) is 1. The predicted octanol–water partition coefficient (Wildman–Crippen LogP) is 0.858. The Labute approximate surface area is 118 Å². The molecule has 0 radical (unpaired) electrons. The highest BCUT2D eigenvalue weighted by molar-refractivity contribution is 4.88. The zero-order valence-electron chi connectivity index (χ0n) is 13.1. The Bertz CT molecular complexity index is 280. The van der Waals surface area contributed by atoms with Gasteiger partial charge in [0, 0.05) is 57.9 Å². The average Bonchev–Trinajstić information content (AvgIpc) is 2.77. The lowest BCUT2D eigenvalue weighted by Gasteiger charge is -2.40. The smallest absolute Gasteiger partial charge is 0.0718 e. The highest BCUT2D eigenvalue weighted by Crippen LogP contribution is 2.19. The van der Waals surface area contributed by atoms with Crippen molar-refractivity contribution in [3.05, 3.63) is 0 Å². The first kappa shape index (κ1) is 15.2. The second kappa shape index (κ2) is 6.08. The summed E-state index contributed by atoms with van der Waals surface area (Å²) in [5, 5.41) is 9.88. The van der Waals surface area contributed by atoms with Crippen LogP contribution in [0.2, 0.25) is 0 Å². The molecular formula is C15H31N3O. The van der Waals surface area contributed by atoms with E-state index in [9.17, 15) is 5.11 Å². The van der Waals surface area contributed by atoms with Crippen LogP contribution >= 0.6 is 0 Å². The summed E-state index contributed by atoms with van der Waals surface area (Å²) in [4.78, 5) is 7.64. The van der Waals surface area contributed by atoms with Crippen LogP contribution in [0.5, 0.6) is 0 Å². The molecule has 112 valence electrons. The normalized spacial score (nSPS) is 28.4. The predicted molar refractivity (Wildman–Crippen MR) is 79.4 cm³/mol. The fourth-order valence-electron chi connectivity index (χ4n) is 3.37. The third-order valence-corrected chi connectivity index (χ3v) is 4.46. The number of rotatable bonds is 4. The maximum absolute atomic E-state index is 9.88. The van der Waals surface area contributed by atoms with Gasteiger partial charge < -0.3 is 5.11 Å². The quantitative estimate of drug-likeness (QED) is 0.820. The summed E-state index contributed by atoms with van der Waals surface area (Å²) in [5.41, 5.74) is -0.566. The molecule has 0 amide bonds. The number of hydrogen-bond acceptors (Lipinski definition) is 4. The lowest BCUT2D eigenvalue weighted by molar-refractivity contribution is 0.0114. The molecule has 0 aromatic heterocycles. The van der Waals surface area contributed by atoms with Crippen LogP contribution in [0.25, 0.3) is 0 Å². The Morgan fingerprint density at radius 2 is 1.74 bits per heavy atom. The molecule has 0 bridgehead atoms. The maximum atomic E-state index is 9.88. The van der Waals surface area contributed by atoms with Crippen molar-refractivity contribution in [3.63, 3.8) is 0 Å². The largest absolute Gasteiger partial charge is 0.389 e. The van der Waals surface area contributed by atoms with E-state index in [-0.39, 0.29) is 0 Å². The van der Waals surface area contributed by atoms with Crippen LogP contribution < -0.4 is 0 Å². The Morgan fingerprint density at radius 1 is 1.11 bits per heavy atom. The molecule has 4 heteroatoms. The van der Waals surface area contributed by atoms with Crippen molar-refractivity contribution in [2.45, 2.75) is 51.8 Å². The van der Waals surface area contributed by atoms with Gasteiger partial charge >= 0.3 is 0 Å². The molecule has 2 rings (SSSR count). The Morgan fingerprint density at radius 3 is 2.21 bits per heavy atom. The van der Waals surface area contributed by atoms with E-state index in [0.29, 0.717) is 6.04 Å². The molecule has 19 heavy (non-hydrogen) atoms. The van der Waals surface area contributed by atoms with Gasteiger partial charge in [0.2, 0.25) is 0 Å². The van der Waals surface area contributed by atoms with Gasteiger partial charge in [-0.15, -0.1) is 0 Å². The molecule has 1 unspecified atom stereocenters. The van der Waals surface area contributed by atoms with Crippen molar-refractivity contribution in [2.75, 3.05) is 45.8 Å². The van der Waals surface area contributed by atoms with Crippen molar-refractivity contribution in [1.29, 1.82) is 0 Å². The van der Waals surface area contributed by atoms with E-state index < -0.39 is 5.60 Å². The van der Waals surface area contributed by atoms with Crippen LogP contribution in [0.4, 0.5) is 0 Å². The van der Waals surface area contributed by atoms with Crippen molar-refractivity contribution >= 4 is 0 Å². The topological polar surface area (TPSA) is 30.0 Å². The summed E-state index contributed by atoms with van der Waals surface area (Å²) in [6.45, 7) is 16.2. The van der Waals surface area contributed by atoms with Crippen LogP contribution in [0.3, 0.4) is 0 Å². The molecule has 0 aromatic rings. The van der Waals surface area contributed by atoms with Gasteiger partial charge in [0.1, 0.15) is 0 Å². The highest BCUT2D eigenvalue weighted by Gasteiger charge is 2.31. The van der Waals surface area contributed by atoms with Gasteiger partial charge in [-0.3, -0.25) is 14.7 Å². The second-order valence-electron chi connectivity index (χ2n) is 7.16. The lowest BCUT2D eigenvalue weighted by atomic mass is 10.1. The molecule has 0 spiro atoms. The molecule has 1 N–H and O–H groups in total. The summed E-state index contributed by atoms with van der Waals surface area (Å²) < 4.78 is 0. The summed E-state index contributed by atoms with van der Waals surface area (Å²) in [7, 11) is 0. The summed E-state index contributed by atoms with van der Waals surface area (Å²) in [6, 6.07) is 1.44. The van der Waals surface area contributed by atoms with E-state index in [1.165, 1.54) is 19.5 Å². The van der Waals surface area contributed by atoms with Gasteiger partial charge in [-0.25, -0.2) is 0 Å². The first-order valence-corrected chi connectivity index (χ1v) is 7.78. The summed E-state index contributed by atoms with van der Waals surface area (Å²) in [5.74, 6) is 0. The van der Waals surface area contributed by atoms with E-state index in [1.807, 2.05) is 13.8 Å². The van der Waals surface area contributed by atoms with E-state index in [2.05, 4.69) is 28.5 Å². The first-order valence-electron chi connectivity index (χ1n) is 7.78. The van der Waals surface area contributed by atoms with Crippen LogP contribution in [-0.2, 0) is 0 Å². The highest BCUT2D eigenvalue weighted by atomic mass is 16.3. The van der Waals surface area contributed by atoms with Gasteiger partial charge in [-0.2, -0.15) is 0 Å². The van der Waals surface area contributed by atoms with Gasteiger partial charge in [0.05, 0.1) is 5.60 Å². The summed E-state index contributed by atoms with van der Waals surface area (Å²) in [6.07, 6.45) is 1.32. The number of piperazine rings is 1. The van der Waals surface area contributed by atoms with Crippen LogP contribution in [0.1, 0.15) is 34.1 Å². The zero-order chi connectivity index (χ0) is 14.0. The maximum Gasteiger partial charge on any atom is 0.0718 e. The number of likely N-dealkylation sites (tertiary alicyclic amines) is 1.